The van der Waals surface area contributed by atoms with Crippen LogP contribution in [-0.2, 0) is 4.74 Å². The molecule has 0 spiro atoms. The third-order valence-electron chi connectivity index (χ3n) is 5.08. The van der Waals surface area contributed by atoms with E-state index < -0.39 is 5.97 Å². The smallest absolute Gasteiger partial charge is 0.350 e. The Hall–Kier alpha value is -3.85. The van der Waals surface area contributed by atoms with E-state index in [4.69, 9.17) is 13.9 Å². The monoisotopic (exact) mass is 465 g/mol. The summed E-state index contributed by atoms with van der Waals surface area (Å²) in [6.07, 6.45) is 0. The summed E-state index contributed by atoms with van der Waals surface area (Å²) in [7, 11) is 2.83. The molecule has 0 fully saturated rings. The normalized spacial score (nSPS) is 11.6. The second-order valence-corrected chi connectivity index (χ2v) is 8.49. The number of aromatic nitrogens is 1. The van der Waals surface area contributed by atoms with Gasteiger partial charge < -0.3 is 19.0 Å². The molecule has 170 valence electrons. The predicted octanol–water partition coefficient (Wildman–Crippen LogP) is 4.91. The van der Waals surface area contributed by atoms with Crippen molar-refractivity contribution in [2.24, 2.45) is 5.10 Å². The maximum Gasteiger partial charge on any atom is 0.350 e. The van der Waals surface area contributed by atoms with Gasteiger partial charge in [0.1, 0.15) is 16.2 Å². The first-order valence-electron chi connectivity index (χ1n) is 10.1. The summed E-state index contributed by atoms with van der Waals surface area (Å²) >= 11 is 1.17. The molecule has 2 aromatic carbocycles. The number of anilines is 1. The number of benzene rings is 2. The fourth-order valence-corrected chi connectivity index (χ4v) is 4.35. The lowest BCUT2D eigenvalue weighted by molar-refractivity contribution is 0.0605. The molecule has 0 aliphatic carbocycles. The molecule has 0 aliphatic heterocycles. The van der Waals surface area contributed by atoms with Crippen LogP contribution in [0.1, 0.15) is 26.5 Å². The number of esters is 1. The molecule has 4 aromatic rings. The number of hydrogen-bond donors (Lipinski definition) is 2. The number of methoxy groups -OCH3 is 2. The Labute approximate surface area is 194 Å². The molecule has 2 heterocycles. The highest BCUT2D eigenvalue weighted by atomic mass is 32.1. The molecule has 2 N–H and O–H groups in total. The largest absolute Gasteiger partial charge is 0.504 e. The van der Waals surface area contributed by atoms with Crippen LogP contribution in [0.3, 0.4) is 0 Å². The molecule has 0 saturated heterocycles. The number of thiazole rings is 1. The van der Waals surface area contributed by atoms with Crippen LogP contribution in [0.25, 0.3) is 22.3 Å². The molecule has 33 heavy (non-hydrogen) atoms. The minimum atomic E-state index is -0.433. The van der Waals surface area contributed by atoms with Gasteiger partial charge in [0.2, 0.25) is 5.13 Å². The van der Waals surface area contributed by atoms with Crippen LogP contribution < -0.4 is 15.5 Å². The van der Waals surface area contributed by atoms with Gasteiger partial charge in [0.25, 0.3) is 0 Å². The Kier molecular flexibility index (Phi) is 6.06. The van der Waals surface area contributed by atoms with Gasteiger partial charge in [-0.05, 0) is 56.2 Å². The molecule has 0 amide bonds. The quantitative estimate of drug-likeness (QED) is 0.319. The van der Waals surface area contributed by atoms with E-state index >= 15 is 0 Å². The van der Waals surface area contributed by atoms with Crippen LogP contribution in [0, 0.1) is 20.8 Å². The first-order chi connectivity index (χ1) is 15.8. The number of nitrogens with zero attached hydrogens (tertiary/aromatic N) is 2. The Balaban J connectivity index is 1.87. The fourth-order valence-electron chi connectivity index (χ4n) is 3.52. The Morgan fingerprint density at radius 3 is 2.67 bits per heavy atom. The van der Waals surface area contributed by atoms with Gasteiger partial charge in [-0.1, -0.05) is 17.4 Å². The summed E-state index contributed by atoms with van der Waals surface area (Å²) in [5.41, 5.74) is 6.98. The van der Waals surface area contributed by atoms with E-state index in [2.05, 4.69) is 15.5 Å². The number of carbonyl (C=O) groups excluding carboxylic acids is 1. The van der Waals surface area contributed by atoms with Crippen molar-refractivity contribution in [2.45, 2.75) is 20.8 Å². The highest BCUT2D eigenvalue weighted by Crippen LogP contribution is 2.32. The number of aryl methyl sites for hydroxylation is 3. The van der Waals surface area contributed by atoms with Gasteiger partial charge in [0.15, 0.2) is 11.5 Å². The summed E-state index contributed by atoms with van der Waals surface area (Å²) in [5.74, 6) is 0.505. The molecule has 4 rings (SSSR count). The lowest BCUT2D eigenvalue weighted by atomic mass is 10.1. The lowest BCUT2D eigenvalue weighted by Gasteiger charge is -2.10. The Bertz CT molecular complexity index is 1440. The number of ether oxygens (including phenoxy) is 2. The third kappa shape index (κ3) is 4.40. The van der Waals surface area contributed by atoms with Gasteiger partial charge in [0, 0.05) is 17.0 Å². The van der Waals surface area contributed by atoms with Crippen LogP contribution in [0.2, 0.25) is 0 Å². The fraction of sp³-hybridized carbons (Fsp3) is 0.208. The number of aromatic hydroxyl groups is 1. The van der Waals surface area contributed by atoms with E-state index in [1.165, 1.54) is 25.6 Å². The number of nitrogens with one attached hydrogen (secondary N) is 1. The zero-order valence-electron chi connectivity index (χ0n) is 18.8. The van der Waals surface area contributed by atoms with Crippen molar-refractivity contribution < 1.29 is 23.8 Å². The van der Waals surface area contributed by atoms with Crippen LogP contribution >= 0.6 is 11.3 Å². The molecule has 8 nitrogen and oxygen atoms in total. The van der Waals surface area contributed by atoms with Crippen molar-refractivity contribution in [3.8, 4) is 22.8 Å². The molecule has 0 saturated carbocycles. The highest BCUT2D eigenvalue weighted by Gasteiger charge is 2.16. The number of fused-ring (bicyclic) bond motifs is 1. The Morgan fingerprint density at radius 1 is 1.15 bits per heavy atom. The topological polar surface area (TPSA) is 106 Å². The first kappa shape index (κ1) is 22.3. The van der Waals surface area contributed by atoms with E-state index in [9.17, 15) is 9.90 Å². The highest BCUT2D eigenvalue weighted by molar-refractivity contribution is 7.17. The third-order valence-corrected chi connectivity index (χ3v) is 6.12. The van der Waals surface area contributed by atoms with Crippen LogP contribution in [0.5, 0.6) is 11.5 Å². The molecule has 0 unspecified atom stereocenters. The van der Waals surface area contributed by atoms with E-state index in [-0.39, 0.29) is 5.75 Å². The van der Waals surface area contributed by atoms with Crippen LogP contribution in [-0.4, -0.2) is 30.3 Å². The molecule has 0 atom stereocenters. The summed E-state index contributed by atoms with van der Waals surface area (Å²) in [4.78, 5) is 16.7. The molecular weight excluding hydrogens is 442 g/mol. The van der Waals surface area contributed by atoms with E-state index in [1.54, 1.807) is 25.1 Å². The molecule has 0 aliphatic rings. The number of phenols is 1. The summed E-state index contributed by atoms with van der Waals surface area (Å²) in [6.45, 7) is 5.73. The van der Waals surface area contributed by atoms with E-state index in [0.717, 1.165) is 22.1 Å². The van der Waals surface area contributed by atoms with E-state index in [0.29, 0.717) is 38.2 Å². The summed E-state index contributed by atoms with van der Waals surface area (Å²) in [6, 6.07) is 10.8. The number of hydrogen-bond acceptors (Lipinski definition) is 9. The summed E-state index contributed by atoms with van der Waals surface area (Å²) in [5, 5.41) is 16.5. The molecule has 0 radical (unpaired) electrons. The van der Waals surface area contributed by atoms with Gasteiger partial charge in [-0.25, -0.2) is 9.78 Å². The van der Waals surface area contributed by atoms with Crippen LogP contribution in [0.15, 0.2) is 45.9 Å². The van der Waals surface area contributed by atoms with Crippen molar-refractivity contribution in [3.63, 3.8) is 0 Å². The zero-order valence-corrected chi connectivity index (χ0v) is 19.7. The maximum atomic E-state index is 11.9. The minimum Gasteiger partial charge on any atom is -0.504 e. The van der Waals surface area contributed by atoms with Gasteiger partial charge in [-0.2, -0.15) is 5.10 Å². The number of rotatable bonds is 5. The van der Waals surface area contributed by atoms with Crippen molar-refractivity contribution in [2.75, 3.05) is 19.6 Å². The SMILES string of the molecule is COC(=O)c1sc(N/N=c2\cc(-c3ccc(O)c(OC)c3)oc3c(C)cc(C)cc23)nc1C. The lowest BCUT2D eigenvalue weighted by Crippen LogP contribution is -2.08. The minimum absolute atomic E-state index is 0.0426. The first-order valence-corrected chi connectivity index (χ1v) is 10.9. The maximum absolute atomic E-state index is 11.9. The Morgan fingerprint density at radius 2 is 1.94 bits per heavy atom. The molecule has 9 heteroatoms. The standard InChI is InChI=1S/C24H23N3O5S/c1-12-8-13(2)21-16(9-12)17(26-27-24-25-14(3)22(33-24)23(29)31-5)11-19(32-21)15-6-7-18(28)20(10-15)30-4/h6-11,28H,1-5H3,(H,25,27)/b26-17+. The second-order valence-electron chi connectivity index (χ2n) is 7.49. The average molecular weight is 466 g/mol. The van der Waals surface area contributed by atoms with Crippen LogP contribution in [0.4, 0.5) is 5.13 Å². The van der Waals surface area contributed by atoms with Gasteiger partial charge in [-0.15, -0.1) is 0 Å². The average Bonchev–Trinajstić information content (AvgIpc) is 3.17. The second kappa shape index (κ2) is 8.95. The van der Waals surface area contributed by atoms with Crippen molar-refractivity contribution in [1.29, 1.82) is 0 Å². The van der Waals surface area contributed by atoms with Crippen molar-refractivity contribution in [3.05, 3.63) is 63.5 Å². The molecular formula is C24H23N3O5S. The molecule has 2 aromatic heterocycles. The molecule has 0 bridgehead atoms. The van der Waals surface area contributed by atoms with Crippen molar-refractivity contribution in [1.82, 2.24) is 4.98 Å². The number of carbonyl (C=O) groups is 1. The predicted molar refractivity (Wildman–Crippen MR) is 127 cm³/mol. The van der Waals surface area contributed by atoms with Gasteiger partial charge in [0.05, 0.1) is 25.3 Å². The zero-order chi connectivity index (χ0) is 23.7. The van der Waals surface area contributed by atoms with Gasteiger partial charge >= 0.3 is 5.97 Å². The van der Waals surface area contributed by atoms with E-state index in [1.807, 2.05) is 32.0 Å². The number of phenolic OH excluding ortho intramolecular Hbond substituents is 1. The van der Waals surface area contributed by atoms with Gasteiger partial charge in [-0.3, -0.25) is 5.43 Å². The van der Waals surface area contributed by atoms with Crippen molar-refractivity contribution >= 4 is 33.4 Å². The summed E-state index contributed by atoms with van der Waals surface area (Å²) < 4.78 is 16.3.